The molecule has 0 fully saturated rings. The molecule has 0 aromatic rings. The summed E-state index contributed by atoms with van der Waals surface area (Å²) in [5.41, 5.74) is 83.1. The predicted octanol–water partition coefficient (Wildman–Crippen LogP) is -11.1. The predicted molar refractivity (Wildman–Crippen MR) is 339 cm³/mol. The number of aliphatic carboxylic acids is 1. The van der Waals surface area contributed by atoms with Gasteiger partial charge in [-0.05, 0) is 122 Å². The van der Waals surface area contributed by atoms with Gasteiger partial charge < -0.3 is 134 Å². The van der Waals surface area contributed by atoms with E-state index in [9.17, 15) is 57.8 Å². The smallest absolute Gasteiger partial charge is 0.326 e. The van der Waals surface area contributed by atoms with Gasteiger partial charge in [-0.25, -0.2) is 4.79 Å². The zero-order chi connectivity index (χ0) is 69.0. The number of carbonyl (C=O) groups is 11. The number of carboxylic acid groups (broad SMARTS) is 1. The molecule has 0 aromatic carbocycles. The number of rotatable bonds is 50. The highest BCUT2D eigenvalue weighted by atomic mass is 16.4. The van der Waals surface area contributed by atoms with Gasteiger partial charge in [-0.3, -0.25) is 72.9 Å². The van der Waals surface area contributed by atoms with E-state index in [-0.39, 0.29) is 146 Å². The summed E-state index contributed by atoms with van der Waals surface area (Å²) in [6, 6.07) is -13.4. The van der Waals surface area contributed by atoms with E-state index >= 15 is 0 Å². The fourth-order valence-electron chi connectivity index (χ4n) is 8.40. The summed E-state index contributed by atoms with van der Waals surface area (Å²) in [5, 5.41) is 29.9. The molecule has 0 aliphatic heterocycles. The van der Waals surface area contributed by atoms with Gasteiger partial charge in [-0.1, -0.05) is 0 Å². The van der Waals surface area contributed by atoms with Gasteiger partial charge in [0.2, 0.25) is 59.1 Å². The molecule has 0 spiro atoms. The summed E-state index contributed by atoms with van der Waals surface area (Å²) in [6.07, 6.45) is -0.548. The van der Waals surface area contributed by atoms with Crippen molar-refractivity contribution in [3.05, 3.63) is 0 Å². The molecule has 91 heavy (non-hydrogen) atoms. The van der Waals surface area contributed by atoms with E-state index in [4.69, 9.17) is 86.0 Å². The van der Waals surface area contributed by atoms with E-state index in [2.05, 4.69) is 67.5 Å². The van der Waals surface area contributed by atoms with Crippen LogP contribution in [0.3, 0.4) is 0 Å². The molecule has 0 saturated carbocycles. The fourth-order valence-corrected chi connectivity index (χ4v) is 8.40. The summed E-state index contributed by atoms with van der Waals surface area (Å²) in [6.45, 7) is 0.449. The zero-order valence-electron chi connectivity index (χ0n) is 51.4. The lowest BCUT2D eigenvalue weighted by molar-refractivity contribution is -0.142. The first-order valence-corrected chi connectivity index (χ1v) is 29.6. The molecule has 39 N–H and O–H groups in total. The van der Waals surface area contributed by atoms with Crippen molar-refractivity contribution < 1.29 is 57.8 Å². The molecule has 40 nitrogen and oxygen atoms in total. The maximum Gasteiger partial charge on any atom is 0.326 e. The third-order valence-corrected chi connectivity index (χ3v) is 13.1. The first kappa shape index (κ1) is 81.4. The van der Waals surface area contributed by atoms with Gasteiger partial charge in [0.15, 0.2) is 29.8 Å². The number of unbranched alkanes of at least 4 members (excludes halogenated alkanes) is 2. The molecule has 0 rings (SSSR count). The average Bonchev–Trinajstić information content (AvgIpc) is 3.29. The van der Waals surface area contributed by atoms with Crippen molar-refractivity contribution >= 4 is 94.8 Å². The summed E-state index contributed by atoms with van der Waals surface area (Å²) in [7, 11) is 0. The van der Waals surface area contributed by atoms with Crippen molar-refractivity contribution in [2.24, 2.45) is 111 Å². The molecule has 0 saturated heterocycles. The number of aliphatic imine (C=N–C) groups is 5. The molecular weight excluding hydrogens is 1200 g/mol. The van der Waals surface area contributed by atoms with Crippen LogP contribution in [0.15, 0.2) is 25.0 Å². The van der Waals surface area contributed by atoms with E-state index in [0.29, 0.717) is 32.1 Å². The zero-order valence-corrected chi connectivity index (χ0v) is 51.4. The quantitative estimate of drug-likeness (QED) is 0.0153. The highest BCUT2D eigenvalue weighted by Gasteiger charge is 2.35. The number of carbonyl (C=O) groups excluding carboxylic acids is 10. The Morgan fingerprint density at radius 3 is 0.813 bits per heavy atom. The van der Waals surface area contributed by atoms with Crippen LogP contribution in [0.2, 0.25) is 0 Å². The largest absolute Gasteiger partial charge is 0.480 e. The number of amides is 10. The Hall–Kier alpha value is -9.60. The lowest BCUT2D eigenvalue weighted by atomic mass is 10.0. The lowest BCUT2D eigenvalue weighted by Gasteiger charge is -2.28. The lowest BCUT2D eigenvalue weighted by Crippen LogP contribution is -2.60. The molecule has 0 radical (unpaired) electrons. The first-order chi connectivity index (χ1) is 42.9. The molecule has 0 aliphatic carbocycles. The van der Waals surface area contributed by atoms with Gasteiger partial charge in [0, 0.05) is 39.1 Å². The van der Waals surface area contributed by atoms with Crippen LogP contribution in [0, 0.1) is 0 Å². The summed E-state index contributed by atoms with van der Waals surface area (Å²) in [5.74, 6) is -12.6. The number of hydrogen-bond donors (Lipinski definition) is 24. The van der Waals surface area contributed by atoms with Crippen LogP contribution in [0.5, 0.6) is 0 Å². The highest BCUT2D eigenvalue weighted by Crippen LogP contribution is 2.12. The fraction of sp³-hybridized carbons (Fsp3) is 0.686. The van der Waals surface area contributed by atoms with Crippen LogP contribution in [0.1, 0.15) is 122 Å². The Kier molecular flexibility index (Phi) is 41.6. The van der Waals surface area contributed by atoms with Crippen molar-refractivity contribution in [2.75, 3.05) is 45.8 Å². The van der Waals surface area contributed by atoms with E-state index in [1.165, 1.54) is 0 Å². The van der Waals surface area contributed by atoms with Crippen LogP contribution in [0.4, 0.5) is 0 Å². The molecule has 40 heteroatoms. The molecule has 0 unspecified atom stereocenters. The Balaban J connectivity index is 7.36. The Bertz CT molecular complexity index is 2500. The second-order valence-electron chi connectivity index (χ2n) is 20.9. The Morgan fingerprint density at radius 1 is 0.297 bits per heavy atom. The number of nitrogens with one attached hydrogen (secondary N) is 8. The molecule has 9 atom stereocenters. The summed E-state index contributed by atoms with van der Waals surface area (Å²) >= 11 is 0. The van der Waals surface area contributed by atoms with Crippen molar-refractivity contribution in [1.29, 1.82) is 0 Å². The molecular formula is C51H100N28O12. The van der Waals surface area contributed by atoms with Gasteiger partial charge in [-0.15, -0.1) is 0 Å². The van der Waals surface area contributed by atoms with Gasteiger partial charge in [0.1, 0.15) is 48.3 Å². The summed E-state index contributed by atoms with van der Waals surface area (Å²) < 4.78 is 0. The number of hydrogen-bond acceptors (Lipinski definition) is 19. The van der Waals surface area contributed by atoms with Crippen molar-refractivity contribution in [3.63, 3.8) is 0 Å². The molecule has 516 valence electrons. The monoisotopic (exact) mass is 1300 g/mol. The highest BCUT2D eigenvalue weighted by molar-refractivity contribution is 5.99. The Morgan fingerprint density at radius 2 is 0.538 bits per heavy atom. The molecule has 10 amide bonds. The third kappa shape index (κ3) is 39.1. The van der Waals surface area contributed by atoms with E-state index < -0.39 is 139 Å². The van der Waals surface area contributed by atoms with Gasteiger partial charge in [0.05, 0.1) is 12.5 Å². The SMILES string of the molecule is NCCCC[C@H](NC(=O)[C@H](N)CCCN=C(N)N)C(=O)N[C@@H](CCCCN)C(=O)N[C@@H](CCCN=C(N)N)C(=O)N[C@H](CCCN=C(N)N)C(=O)N[C@@H](CCC(N)=O)C(=O)N[C@@H](CCCN=C(N)N)C(=O)N[C@@H](CC(N)=O)C(=O)N[C@H](CCCN=C(N)N)C(=O)O. The van der Waals surface area contributed by atoms with Crippen molar-refractivity contribution in [1.82, 2.24) is 42.5 Å². The number of carboxylic acids is 1. The molecule has 0 heterocycles. The van der Waals surface area contributed by atoms with Gasteiger partial charge in [0.25, 0.3) is 0 Å². The Labute approximate surface area is 527 Å². The number of guanidine groups is 5. The topological polar surface area (TPSA) is 756 Å². The number of nitrogens with two attached hydrogens (primary N) is 15. The van der Waals surface area contributed by atoms with Crippen LogP contribution in [-0.4, -0.2) is 200 Å². The number of primary amides is 2. The van der Waals surface area contributed by atoms with Crippen LogP contribution in [0.25, 0.3) is 0 Å². The van der Waals surface area contributed by atoms with Crippen LogP contribution < -0.4 is 129 Å². The third-order valence-electron chi connectivity index (χ3n) is 13.1. The minimum Gasteiger partial charge on any atom is -0.480 e. The molecule has 0 bridgehead atoms. The van der Waals surface area contributed by atoms with E-state index in [0.717, 1.165) is 0 Å². The van der Waals surface area contributed by atoms with Crippen molar-refractivity contribution in [2.45, 2.75) is 176 Å². The second-order valence-corrected chi connectivity index (χ2v) is 20.9. The van der Waals surface area contributed by atoms with Crippen molar-refractivity contribution in [3.8, 4) is 0 Å². The molecule has 0 aliphatic rings. The standard InChI is InChI=1S/C51H100N28O12/c52-19-3-1-11-28(72-38(82)27(54)10-5-21-67-47(57)58)39(83)73-29(12-2-4-20-53)40(84)74-30(13-6-22-68-48(59)60)41(85)75-31(14-7-23-69-49(61)62)42(86)77-33(17-18-36(55)80)44(88)76-32(15-8-24-70-50(63)64)43(87)79-35(26-37(56)81)45(89)78-34(46(90)91)16-9-25-71-51(65)66/h27-35H,1-26,52-54H2,(H2,55,80)(H2,56,81)(H,72,82)(H,73,83)(H,74,84)(H,75,85)(H,76,88)(H,77,86)(H,78,89)(H,79,87)(H,90,91)(H4,57,58,67)(H4,59,60,68)(H4,61,62,69)(H4,63,64,70)(H4,65,66,71)/t27-,28+,29+,30+,31-,32+,33+,34-,35+/m1/s1. The maximum absolute atomic E-state index is 14.6. The van der Waals surface area contributed by atoms with Crippen LogP contribution >= 0.6 is 0 Å². The van der Waals surface area contributed by atoms with Gasteiger partial charge >= 0.3 is 5.97 Å². The van der Waals surface area contributed by atoms with Gasteiger partial charge in [-0.2, -0.15) is 0 Å². The average molecular weight is 1300 g/mol. The second kappa shape index (κ2) is 46.5. The van der Waals surface area contributed by atoms with E-state index in [1.54, 1.807) is 0 Å². The first-order valence-electron chi connectivity index (χ1n) is 29.6. The molecule has 0 aromatic heterocycles. The number of nitrogens with zero attached hydrogens (tertiary/aromatic N) is 5. The minimum atomic E-state index is -1.81. The summed E-state index contributed by atoms with van der Waals surface area (Å²) in [4.78, 5) is 169. The minimum absolute atomic E-state index is 0.000293. The maximum atomic E-state index is 14.6. The van der Waals surface area contributed by atoms with Crippen LogP contribution in [-0.2, 0) is 52.7 Å². The van der Waals surface area contributed by atoms with E-state index in [1.807, 2.05) is 0 Å². The normalized spacial score (nSPS) is 13.7.